The van der Waals surface area contributed by atoms with Gasteiger partial charge >= 0.3 is 0 Å². The van der Waals surface area contributed by atoms with Gasteiger partial charge in [-0.1, -0.05) is 13.8 Å². The van der Waals surface area contributed by atoms with Crippen LogP contribution >= 0.6 is 0 Å². The zero-order valence-corrected chi connectivity index (χ0v) is 14.2. The highest BCUT2D eigenvalue weighted by atomic mass is 32.2. The number of hydrogen-bond donors (Lipinski definition) is 0. The summed E-state index contributed by atoms with van der Waals surface area (Å²) in [5.74, 6) is -0.113. The second-order valence-corrected chi connectivity index (χ2v) is 7.26. The topological polar surface area (TPSA) is 60.9 Å². The van der Waals surface area contributed by atoms with Gasteiger partial charge in [0.25, 0.3) is 0 Å². The number of nitrogens with zero attached hydrogens (tertiary/aromatic N) is 3. The molecular weight excluding hydrogens is 278 g/mol. The van der Waals surface area contributed by atoms with Gasteiger partial charge in [0, 0.05) is 26.2 Å². The molecule has 0 spiro atoms. The lowest BCUT2D eigenvalue weighted by molar-refractivity contribution is -0.131. The van der Waals surface area contributed by atoms with Crippen LogP contribution in [0.3, 0.4) is 0 Å². The van der Waals surface area contributed by atoms with Crippen LogP contribution in [0, 0.1) is 0 Å². The molecule has 0 unspecified atom stereocenters. The Morgan fingerprint density at radius 2 is 1.45 bits per heavy atom. The van der Waals surface area contributed by atoms with Gasteiger partial charge in [0.15, 0.2) is 0 Å². The second kappa shape index (κ2) is 9.31. The Hall–Kier alpha value is -0.660. The van der Waals surface area contributed by atoms with Gasteiger partial charge in [-0.25, -0.2) is 8.42 Å². The van der Waals surface area contributed by atoms with Gasteiger partial charge in [0.05, 0.1) is 12.8 Å². The molecule has 120 valence electrons. The number of rotatable bonds is 10. The number of carbonyl (C=O) groups is 1. The van der Waals surface area contributed by atoms with E-state index in [9.17, 15) is 13.2 Å². The van der Waals surface area contributed by atoms with E-state index in [0.29, 0.717) is 26.2 Å². The third-order valence-electron chi connectivity index (χ3n) is 2.92. The minimum absolute atomic E-state index is 0.0628. The first kappa shape index (κ1) is 19.3. The summed E-state index contributed by atoms with van der Waals surface area (Å²) in [5, 5.41) is 0. The number of sulfonamides is 1. The van der Waals surface area contributed by atoms with Crippen LogP contribution < -0.4 is 0 Å². The van der Waals surface area contributed by atoms with Gasteiger partial charge in [0.1, 0.15) is 0 Å². The molecule has 0 saturated carbocycles. The first-order valence-electron chi connectivity index (χ1n) is 7.10. The molecule has 0 heterocycles. The summed E-state index contributed by atoms with van der Waals surface area (Å²) >= 11 is 0. The molecule has 0 N–H and O–H groups in total. The largest absolute Gasteiger partial charge is 0.342 e. The molecule has 0 aromatic heterocycles. The van der Waals surface area contributed by atoms with Crippen LogP contribution in [0.25, 0.3) is 0 Å². The van der Waals surface area contributed by atoms with E-state index in [2.05, 4.69) is 0 Å². The molecule has 6 nitrogen and oxygen atoms in total. The van der Waals surface area contributed by atoms with Crippen molar-refractivity contribution in [2.75, 3.05) is 53.1 Å². The highest BCUT2D eigenvalue weighted by molar-refractivity contribution is 7.88. The first-order valence-corrected chi connectivity index (χ1v) is 8.94. The first-order chi connectivity index (χ1) is 9.22. The summed E-state index contributed by atoms with van der Waals surface area (Å²) in [7, 11) is 0.396. The van der Waals surface area contributed by atoms with E-state index in [1.807, 2.05) is 32.8 Å². The summed E-state index contributed by atoms with van der Waals surface area (Å²) < 4.78 is 24.8. The molecule has 1 amide bonds. The van der Waals surface area contributed by atoms with E-state index in [1.54, 1.807) is 4.90 Å². The highest BCUT2D eigenvalue weighted by Gasteiger charge is 2.22. The van der Waals surface area contributed by atoms with Gasteiger partial charge in [-0.3, -0.25) is 4.79 Å². The van der Waals surface area contributed by atoms with Gasteiger partial charge in [0.2, 0.25) is 15.9 Å². The third-order valence-corrected chi connectivity index (χ3v) is 4.17. The molecule has 0 fully saturated rings. The number of likely N-dealkylation sites (N-methyl/N-ethyl adjacent to an activating group) is 1. The predicted molar refractivity (Wildman–Crippen MR) is 82.1 cm³/mol. The van der Waals surface area contributed by atoms with Crippen molar-refractivity contribution in [3.63, 3.8) is 0 Å². The number of carbonyl (C=O) groups excluding carboxylic acids is 1. The SMILES string of the molecule is CCCN(CCC)C(=O)CN(CCN(C)C)S(C)(=O)=O. The molecule has 0 aliphatic carbocycles. The molecule has 0 aromatic carbocycles. The van der Waals surface area contributed by atoms with Crippen LogP contribution in [0.2, 0.25) is 0 Å². The van der Waals surface area contributed by atoms with Crippen molar-refractivity contribution in [2.24, 2.45) is 0 Å². The van der Waals surface area contributed by atoms with Crippen molar-refractivity contribution >= 4 is 15.9 Å². The summed E-state index contributed by atoms with van der Waals surface area (Å²) in [5.41, 5.74) is 0. The van der Waals surface area contributed by atoms with E-state index in [0.717, 1.165) is 19.1 Å². The Kier molecular flexibility index (Phi) is 9.00. The molecule has 0 saturated heterocycles. The lowest BCUT2D eigenvalue weighted by Crippen LogP contribution is -2.45. The van der Waals surface area contributed by atoms with Crippen LogP contribution in [-0.4, -0.2) is 81.5 Å². The maximum atomic E-state index is 12.2. The van der Waals surface area contributed by atoms with E-state index < -0.39 is 10.0 Å². The normalized spacial score (nSPS) is 12.2. The van der Waals surface area contributed by atoms with E-state index >= 15 is 0 Å². The summed E-state index contributed by atoms with van der Waals surface area (Å²) in [6.45, 7) is 6.25. The maximum Gasteiger partial charge on any atom is 0.237 e. The molecule has 0 aliphatic rings. The fourth-order valence-corrected chi connectivity index (χ4v) is 2.58. The van der Waals surface area contributed by atoms with Crippen molar-refractivity contribution in [3.8, 4) is 0 Å². The van der Waals surface area contributed by atoms with Crippen LogP contribution in [0.5, 0.6) is 0 Å². The van der Waals surface area contributed by atoms with Crippen LogP contribution in [0.1, 0.15) is 26.7 Å². The second-order valence-electron chi connectivity index (χ2n) is 5.28. The predicted octanol–water partition coefficient (Wildman–Crippen LogP) is 0.458. The summed E-state index contributed by atoms with van der Waals surface area (Å²) in [4.78, 5) is 15.9. The Balaban J connectivity index is 4.74. The molecule has 20 heavy (non-hydrogen) atoms. The summed E-state index contributed by atoms with van der Waals surface area (Å²) in [6, 6.07) is 0. The highest BCUT2D eigenvalue weighted by Crippen LogP contribution is 2.02. The molecular formula is C13H29N3O3S. The van der Waals surface area contributed by atoms with E-state index in [4.69, 9.17) is 0 Å². The van der Waals surface area contributed by atoms with Gasteiger partial charge in [-0.2, -0.15) is 4.31 Å². The average molecular weight is 307 g/mol. The molecule has 7 heteroatoms. The zero-order valence-electron chi connectivity index (χ0n) is 13.4. The van der Waals surface area contributed by atoms with Crippen molar-refractivity contribution in [3.05, 3.63) is 0 Å². The fraction of sp³-hybridized carbons (Fsp3) is 0.923. The monoisotopic (exact) mass is 307 g/mol. The van der Waals surface area contributed by atoms with Crippen LogP contribution in [0.4, 0.5) is 0 Å². The quantitative estimate of drug-likeness (QED) is 0.588. The minimum atomic E-state index is -3.36. The van der Waals surface area contributed by atoms with Gasteiger partial charge in [-0.15, -0.1) is 0 Å². The summed E-state index contributed by atoms with van der Waals surface area (Å²) in [6.07, 6.45) is 2.91. The van der Waals surface area contributed by atoms with Gasteiger partial charge < -0.3 is 9.80 Å². The molecule has 0 atom stereocenters. The van der Waals surface area contributed by atoms with Crippen LogP contribution in [0.15, 0.2) is 0 Å². The maximum absolute atomic E-state index is 12.2. The Morgan fingerprint density at radius 1 is 0.950 bits per heavy atom. The minimum Gasteiger partial charge on any atom is -0.342 e. The molecule has 0 rings (SSSR count). The fourth-order valence-electron chi connectivity index (χ4n) is 1.83. The molecule has 0 aliphatic heterocycles. The lowest BCUT2D eigenvalue weighted by Gasteiger charge is -2.26. The molecule has 0 bridgehead atoms. The molecule has 0 aromatic rings. The lowest BCUT2D eigenvalue weighted by atomic mass is 10.3. The molecule has 0 radical (unpaired) electrons. The smallest absolute Gasteiger partial charge is 0.237 e. The Morgan fingerprint density at radius 3 is 1.80 bits per heavy atom. The van der Waals surface area contributed by atoms with Crippen molar-refractivity contribution in [1.82, 2.24) is 14.1 Å². The third kappa shape index (κ3) is 7.81. The average Bonchev–Trinajstić information content (AvgIpc) is 2.32. The Bertz CT molecular complexity index is 376. The van der Waals surface area contributed by atoms with E-state index in [1.165, 1.54) is 4.31 Å². The number of amides is 1. The zero-order chi connectivity index (χ0) is 15.8. The van der Waals surface area contributed by atoms with Crippen molar-refractivity contribution < 1.29 is 13.2 Å². The Labute approximate surface area is 123 Å². The van der Waals surface area contributed by atoms with Crippen LogP contribution in [-0.2, 0) is 14.8 Å². The standard InChI is InChI=1S/C13H29N3O3S/c1-6-8-15(9-7-2)13(17)12-16(20(5,18)19)11-10-14(3)4/h6-12H2,1-5H3. The number of hydrogen-bond acceptors (Lipinski definition) is 4. The van der Waals surface area contributed by atoms with Gasteiger partial charge in [-0.05, 0) is 26.9 Å². The van der Waals surface area contributed by atoms with Crippen molar-refractivity contribution in [1.29, 1.82) is 0 Å². The van der Waals surface area contributed by atoms with E-state index in [-0.39, 0.29) is 12.5 Å². The van der Waals surface area contributed by atoms with Crippen molar-refractivity contribution in [2.45, 2.75) is 26.7 Å².